The summed E-state index contributed by atoms with van der Waals surface area (Å²) in [7, 11) is 1.32. The summed E-state index contributed by atoms with van der Waals surface area (Å²) in [4.78, 5) is 38.6. The smallest absolute Gasteiger partial charge is 0.408 e. The molecule has 3 atom stereocenters. The minimum Gasteiger partial charge on any atom is -0.467 e. The van der Waals surface area contributed by atoms with Gasteiger partial charge in [0.1, 0.15) is 18.7 Å². The molecule has 7 nitrogen and oxygen atoms in total. The van der Waals surface area contributed by atoms with Crippen LogP contribution in [0.15, 0.2) is 30.3 Å². The first-order valence-corrected chi connectivity index (χ1v) is 9.64. The van der Waals surface area contributed by atoms with Crippen molar-refractivity contribution in [1.82, 2.24) is 10.2 Å². The summed E-state index contributed by atoms with van der Waals surface area (Å²) in [6, 6.07) is 8.05. The van der Waals surface area contributed by atoms with Crippen LogP contribution in [-0.2, 0) is 25.7 Å². The Bertz CT molecular complexity index is 669. The molecule has 0 saturated carbocycles. The molecule has 3 rings (SSSR count). The van der Waals surface area contributed by atoms with E-state index in [1.807, 2.05) is 30.3 Å². The number of nitrogens with one attached hydrogen (secondary N) is 1. The van der Waals surface area contributed by atoms with Gasteiger partial charge in [-0.05, 0) is 24.8 Å². The summed E-state index contributed by atoms with van der Waals surface area (Å²) in [5.74, 6) is -0.140. The van der Waals surface area contributed by atoms with Crippen molar-refractivity contribution in [2.24, 2.45) is 0 Å². The predicted molar refractivity (Wildman–Crippen MR) is 96.3 cm³/mol. The molecule has 1 unspecified atom stereocenters. The van der Waals surface area contributed by atoms with Crippen LogP contribution < -0.4 is 5.32 Å². The lowest BCUT2D eigenvalue weighted by Gasteiger charge is -2.28. The number of benzene rings is 1. The molecule has 2 saturated heterocycles. The molecule has 2 heterocycles. The summed E-state index contributed by atoms with van der Waals surface area (Å²) in [5.41, 5.74) is 0.872. The first kappa shape index (κ1) is 18.6. The van der Waals surface area contributed by atoms with Crippen LogP contribution in [0.1, 0.15) is 24.8 Å². The van der Waals surface area contributed by atoms with Crippen LogP contribution >= 0.6 is 11.8 Å². The summed E-state index contributed by atoms with van der Waals surface area (Å²) >= 11 is 1.58. The highest BCUT2D eigenvalue weighted by atomic mass is 32.2. The third-order valence-corrected chi connectivity index (χ3v) is 5.92. The van der Waals surface area contributed by atoms with Gasteiger partial charge >= 0.3 is 12.1 Å². The zero-order chi connectivity index (χ0) is 18.5. The van der Waals surface area contributed by atoms with E-state index in [1.165, 1.54) is 7.11 Å². The van der Waals surface area contributed by atoms with E-state index < -0.39 is 24.1 Å². The second kappa shape index (κ2) is 8.44. The molecule has 0 spiro atoms. The Hall–Kier alpha value is -2.22. The number of nitrogens with zero attached hydrogens (tertiary/aromatic N) is 1. The quantitative estimate of drug-likeness (QED) is 0.806. The molecule has 1 N–H and O–H groups in total. The molecule has 0 aliphatic carbocycles. The van der Waals surface area contributed by atoms with Gasteiger partial charge in [-0.2, -0.15) is 0 Å². The van der Waals surface area contributed by atoms with Crippen LogP contribution in [-0.4, -0.2) is 53.2 Å². The number of hydrogen-bond acceptors (Lipinski definition) is 6. The van der Waals surface area contributed by atoms with E-state index in [9.17, 15) is 14.4 Å². The van der Waals surface area contributed by atoms with Gasteiger partial charge < -0.3 is 19.7 Å². The third kappa shape index (κ3) is 4.12. The van der Waals surface area contributed by atoms with Crippen molar-refractivity contribution >= 4 is 29.7 Å². The number of amides is 2. The fourth-order valence-electron chi connectivity index (χ4n) is 3.24. The monoisotopic (exact) mass is 378 g/mol. The lowest BCUT2D eigenvalue weighted by molar-refractivity contribution is -0.152. The van der Waals surface area contributed by atoms with Crippen molar-refractivity contribution in [3.8, 4) is 0 Å². The van der Waals surface area contributed by atoms with Gasteiger partial charge in [-0.15, -0.1) is 11.8 Å². The fraction of sp³-hybridized carbons (Fsp3) is 0.500. The summed E-state index contributed by atoms with van der Waals surface area (Å²) in [5, 5.41) is 2.61. The van der Waals surface area contributed by atoms with Gasteiger partial charge in [0, 0.05) is 5.75 Å². The number of carbonyl (C=O) groups is 3. The van der Waals surface area contributed by atoms with Crippen molar-refractivity contribution in [3.05, 3.63) is 35.9 Å². The van der Waals surface area contributed by atoms with Crippen molar-refractivity contribution < 1.29 is 23.9 Å². The Labute approximate surface area is 156 Å². The van der Waals surface area contributed by atoms with E-state index in [4.69, 9.17) is 9.47 Å². The van der Waals surface area contributed by atoms with Crippen LogP contribution in [0.2, 0.25) is 0 Å². The molecule has 2 aliphatic heterocycles. The van der Waals surface area contributed by atoms with Gasteiger partial charge in [-0.25, -0.2) is 9.59 Å². The minimum atomic E-state index is -0.686. The van der Waals surface area contributed by atoms with E-state index in [0.29, 0.717) is 12.2 Å². The summed E-state index contributed by atoms with van der Waals surface area (Å²) in [6.45, 7) is 0.139. The standard InChI is InChI=1S/C18H22N2O5S/c1-24-17(22)14-11-26-15-9-5-8-13(16(21)20(14)15)19-18(23)25-10-12-6-3-2-4-7-12/h2-4,6-7,13-15H,5,8-11H2,1H3,(H,19,23)/t13-,14-,15?/m0/s1. The van der Waals surface area contributed by atoms with E-state index in [1.54, 1.807) is 16.7 Å². The number of methoxy groups -OCH3 is 1. The molecule has 2 amide bonds. The van der Waals surface area contributed by atoms with Crippen molar-refractivity contribution in [3.63, 3.8) is 0 Å². The zero-order valence-electron chi connectivity index (χ0n) is 14.6. The average Bonchev–Trinajstić information content (AvgIpc) is 3.02. The largest absolute Gasteiger partial charge is 0.467 e. The maximum absolute atomic E-state index is 12.9. The van der Waals surface area contributed by atoms with E-state index >= 15 is 0 Å². The number of carbonyl (C=O) groups excluding carboxylic acids is 3. The molecule has 0 radical (unpaired) electrons. The maximum atomic E-state index is 12.9. The Morgan fingerprint density at radius 1 is 1.27 bits per heavy atom. The second-order valence-electron chi connectivity index (χ2n) is 6.26. The molecule has 8 heteroatoms. The van der Waals surface area contributed by atoms with Gasteiger partial charge in [0.05, 0.1) is 12.5 Å². The lowest BCUT2D eigenvalue weighted by atomic mass is 10.1. The Morgan fingerprint density at radius 3 is 2.77 bits per heavy atom. The minimum absolute atomic E-state index is 0.0428. The van der Waals surface area contributed by atoms with Gasteiger partial charge in [0.2, 0.25) is 5.91 Å². The number of esters is 1. The summed E-state index contributed by atoms with van der Waals surface area (Å²) < 4.78 is 10.0. The SMILES string of the molecule is COC(=O)[C@@H]1CSC2CCC[C@H](NC(=O)OCc3ccccc3)C(=O)N21. The third-order valence-electron chi connectivity index (χ3n) is 4.57. The lowest BCUT2D eigenvalue weighted by Crippen LogP contribution is -2.53. The van der Waals surface area contributed by atoms with Crippen LogP contribution in [0.4, 0.5) is 4.79 Å². The predicted octanol–water partition coefficient (Wildman–Crippen LogP) is 1.91. The zero-order valence-corrected chi connectivity index (χ0v) is 15.4. The van der Waals surface area contributed by atoms with E-state index in [2.05, 4.69) is 5.32 Å². The molecule has 0 aromatic heterocycles. The van der Waals surface area contributed by atoms with Gasteiger partial charge in [-0.1, -0.05) is 30.3 Å². The molecule has 1 aromatic rings. The molecule has 2 fully saturated rings. The maximum Gasteiger partial charge on any atom is 0.408 e. The number of hydrogen-bond donors (Lipinski definition) is 1. The first-order valence-electron chi connectivity index (χ1n) is 8.59. The van der Waals surface area contributed by atoms with Crippen molar-refractivity contribution in [1.29, 1.82) is 0 Å². The van der Waals surface area contributed by atoms with Crippen molar-refractivity contribution in [2.75, 3.05) is 12.9 Å². The first-order chi connectivity index (χ1) is 12.6. The molecular formula is C18H22N2O5S. The van der Waals surface area contributed by atoms with Gasteiger partial charge in [-0.3, -0.25) is 4.79 Å². The number of fused-ring (bicyclic) bond motifs is 1. The molecule has 2 aliphatic rings. The fourth-order valence-corrected chi connectivity index (χ4v) is 4.69. The highest BCUT2D eigenvalue weighted by molar-refractivity contribution is 8.00. The van der Waals surface area contributed by atoms with Crippen LogP contribution in [0.5, 0.6) is 0 Å². The average molecular weight is 378 g/mol. The van der Waals surface area contributed by atoms with E-state index in [-0.39, 0.29) is 17.9 Å². The number of ether oxygens (including phenoxy) is 2. The highest BCUT2D eigenvalue weighted by Crippen LogP contribution is 2.36. The number of alkyl carbamates (subject to hydrolysis) is 1. The molecule has 26 heavy (non-hydrogen) atoms. The number of thioether (sulfide) groups is 1. The molecular weight excluding hydrogens is 356 g/mol. The Kier molecular flexibility index (Phi) is 6.03. The Morgan fingerprint density at radius 2 is 2.04 bits per heavy atom. The second-order valence-corrected chi connectivity index (χ2v) is 7.47. The molecule has 0 bridgehead atoms. The number of rotatable bonds is 4. The Balaban J connectivity index is 1.61. The molecule has 140 valence electrons. The highest BCUT2D eigenvalue weighted by Gasteiger charge is 2.45. The van der Waals surface area contributed by atoms with Crippen LogP contribution in [0.25, 0.3) is 0 Å². The van der Waals surface area contributed by atoms with Crippen LogP contribution in [0, 0.1) is 0 Å². The summed E-state index contributed by atoms with van der Waals surface area (Å²) in [6.07, 6.45) is 1.48. The molecule has 1 aromatic carbocycles. The van der Waals surface area contributed by atoms with Gasteiger partial charge in [0.15, 0.2) is 0 Å². The van der Waals surface area contributed by atoms with Crippen LogP contribution in [0.3, 0.4) is 0 Å². The normalized spacial score (nSPS) is 25.2. The van der Waals surface area contributed by atoms with E-state index in [0.717, 1.165) is 18.4 Å². The van der Waals surface area contributed by atoms with Crippen molar-refractivity contribution in [2.45, 2.75) is 43.3 Å². The van der Waals surface area contributed by atoms with Gasteiger partial charge in [0.25, 0.3) is 0 Å². The topological polar surface area (TPSA) is 84.9 Å².